The van der Waals surface area contributed by atoms with Crippen molar-refractivity contribution in [1.29, 1.82) is 0 Å². The summed E-state index contributed by atoms with van der Waals surface area (Å²) in [5.74, 6) is -0.329. The van der Waals surface area contributed by atoms with Crippen molar-refractivity contribution < 1.29 is 14.0 Å². The highest BCUT2D eigenvalue weighted by Crippen LogP contribution is 2.31. The number of anilines is 3. The Morgan fingerprint density at radius 1 is 0.906 bits per heavy atom. The van der Waals surface area contributed by atoms with Gasteiger partial charge in [0.05, 0.1) is 16.1 Å². The van der Waals surface area contributed by atoms with E-state index in [2.05, 4.69) is 39.8 Å². The first kappa shape index (κ1) is 20.1. The molecule has 0 saturated heterocycles. The molecule has 1 aliphatic rings. The maximum absolute atomic E-state index is 12.9. The molecule has 0 unspecified atom stereocenters. The van der Waals surface area contributed by atoms with Crippen LogP contribution in [-0.4, -0.2) is 18.4 Å². The molecule has 0 bridgehead atoms. The second-order valence-electron chi connectivity index (χ2n) is 7.51. The molecular weight excluding hydrogens is 422 g/mol. The minimum atomic E-state index is -0.347. The van der Waals surface area contributed by atoms with Gasteiger partial charge in [-0.05, 0) is 53.9 Å². The lowest BCUT2D eigenvalue weighted by Crippen LogP contribution is -2.21. The lowest BCUT2D eigenvalue weighted by molar-refractivity contribution is 0.0995. The predicted molar refractivity (Wildman–Crippen MR) is 127 cm³/mol. The van der Waals surface area contributed by atoms with Crippen molar-refractivity contribution in [2.24, 2.45) is 0 Å². The second-order valence-corrected chi connectivity index (χ2v) is 8.59. The fourth-order valence-electron chi connectivity index (χ4n) is 3.85. The molecule has 4 aromatic rings. The van der Waals surface area contributed by atoms with E-state index < -0.39 is 0 Å². The lowest BCUT2D eigenvalue weighted by Gasteiger charge is -2.21. The maximum Gasteiger partial charge on any atom is 0.291 e. The first-order valence-electron chi connectivity index (χ1n) is 10.3. The minimum Gasteiger partial charge on any atom is -0.459 e. The topological polar surface area (TPSA) is 74.6 Å². The van der Waals surface area contributed by atoms with Crippen molar-refractivity contribution in [3.63, 3.8) is 0 Å². The van der Waals surface area contributed by atoms with Gasteiger partial charge in [0, 0.05) is 24.5 Å². The van der Waals surface area contributed by atoms with Crippen LogP contribution < -0.4 is 15.5 Å². The van der Waals surface area contributed by atoms with E-state index in [0.29, 0.717) is 9.88 Å². The summed E-state index contributed by atoms with van der Waals surface area (Å²) < 4.78 is 5.10. The average molecular weight is 444 g/mol. The van der Waals surface area contributed by atoms with Gasteiger partial charge in [-0.15, -0.1) is 11.3 Å². The number of rotatable bonds is 6. The summed E-state index contributed by atoms with van der Waals surface area (Å²) in [4.78, 5) is 27.9. The molecule has 3 heterocycles. The third-order valence-corrected chi connectivity index (χ3v) is 6.42. The number of fused-ring (bicyclic) bond motifs is 1. The number of carbonyl (C=O) groups is 2. The first-order chi connectivity index (χ1) is 15.7. The Bertz CT molecular complexity index is 1260. The standard InChI is InChI=1S/C25H21N3O3S/c29-24(21-10-5-15-31-21)27-23-12-11-22(32-23)25(30)26-19-8-3-1-7-18(19)16-28-14-13-17-6-2-4-9-20(17)28/h1-12,15H,13-14,16H2,(H,26,30)(H,27,29). The van der Waals surface area contributed by atoms with Crippen LogP contribution in [0.3, 0.4) is 0 Å². The van der Waals surface area contributed by atoms with Gasteiger partial charge in [0.15, 0.2) is 5.76 Å². The van der Waals surface area contributed by atoms with Crippen LogP contribution in [0.4, 0.5) is 16.4 Å². The van der Waals surface area contributed by atoms with Crippen molar-refractivity contribution in [1.82, 2.24) is 0 Å². The van der Waals surface area contributed by atoms with Crippen molar-refractivity contribution >= 4 is 39.5 Å². The van der Waals surface area contributed by atoms with Gasteiger partial charge < -0.3 is 20.0 Å². The molecule has 6 nitrogen and oxygen atoms in total. The largest absolute Gasteiger partial charge is 0.459 e. The molecule has 0 fully saturated rings. The third-order valence-electron chi connectivity index (χ3n) is 5.42. The number of nitrogens with zero attached hydrogens (tertiary/aromatic N) is 1. The van der Waals surface area contributed by atoms with Crippen LogP contribution in [0.5, 0.6) is 0 Å². The summed E-state index contributed by atoms with van der Waals surface area (Å²) in [5, 5.41) is 6.37. The molecule has 1 aliphatic heterocycles. The number of furan rings is 1. The van der Waals surface area contributed by atoms with Crippen LogP contribution >= 0.6 is 11.3 Å². The fourth-order valence-corrected chi connectivity index (χ4v) is 4.65. The van der Waals surface area contributed by atoms with Crippen LogP contribution in [-0.2, 0) is 13.0 Å². The Labute approximate surface area is 189 Å². The number of para-hydroxylation sites is 2. The summed E-state index contributed by atoms with van der Waals surface area (Å²) in [6, 6.07) is 23.0. The third kappa shape index (κ3) is 4.15. The van der Waals surface area contributed by atoms with Gasteiger partial charge in [0.1, 0.15) is 0 Å². The molecule has 160 valence electrons. The number of hydrogen-bond acceptors (Lipinski definition) is 5. The van der Waals surface area contributed by atoms with Crippen molar-refractivity contribution in [2.75, 3.05) is 22.1 Å². The smallest absolute Gasteiger partial charge is 0.291 e. The molecule has 5 rings (SSSR count). The molecule has 0 spiro atoms. The van der Waals surface area contributed by atoms with Crippen molar-refractivity contribution in [3.8, 4) is 0 Å². The highest BCUT2D eigenvalue weighted by molar-refractivity contribution is 7.18. The van der Waals surface area contributed by atoms with Crippen LogP contribution in [0.25, 0.3) is 0 Å². The maximum atomic E-state index is 12.9. The second kappa shape index (κ2) is 8.72. The van der Waals surface area contributed by atoms with E-state index in [4.69, 9.17) is 4.42 Å². The van der Waals surface area contributed by atoms with Crippen molar-refractivity contribution in [3.05, 3.63) is 101 Å². The molecule has 0 radical (unpaired) electrons. The molecule has 0 atom stereocenters. The predicted octanol–water partition coefficient (Wildman–Crippen LogP) is 5.41. The number of hydrogen-bond donors (Lipinski definition) is 2. The normalized spacial score (nSPS) is 12.4. The molecule has 2 N–H and O–H groups in total. The zero-order chi connectivity index (χ0) is 21.9. The summed E-state index contributed by atoms with van der Waals surface area (Å²) >= 11 is 1.22. The summed E-state index contributed by atoms with van der Waals surface area (Å²) in [5.41, 5.74) is 4.46. The number of thiophene rings is 1. The minimum absolute atomic E-state index is 0.206. The van der Waals surface area contributed by atoms with Gasteiger partial charge in [-0.3, -0.25) is 9.59 Å². The first-order valence-corrected chi connectivity index (χ1v) is 11.2. The highest BCUT2D eigenvalue weighted by Gasteiger charge is 2.20. The zero-order valence-corrected chi connectivity index (χ0v) is 18.0. The van der Waals surface area contributed by atoms with E-state index in [1.807, 2.05) is 24.3 Å². The number of nitrogens with one attached hydrogen (secondary N) is 2. The average Bonchev–Trinajstić information content (AvgIpc) is 3.57. The Balaban J connectivity index is 1.28. The van der Waals surface area contributed by atoms with E-state index in [0.717, 1.165) is 30.8 Å². The van der Waals surface area contributed by atoms with Gasteiger partial charge in [-0.2, -0.15) is 0 Å². The van der Waals surface area contributed by atoms with Gasteiger partial charge in [-0.25, -0.2) is 0 Å². The lowest BCUT2D eigenvalue weighted by atomic mass is 10.1. The molecule has 2 aromatic heterocycles. The van der Waals surface area contributed by atoms with Crippen LogP contribution in [0, 0.1) is 0 Å². The highest BCUT2D eigenvalue weighted by atomic mass is 32.1. The number of amides is 2. The molecule has 0 aliphatic carbocycles. The Kier molecular flexibility index (Phi) is 5.47. The van der Waals surface area contributed by atoms with Gasteiger partial charge in [0.25, 0.3) is 11.8 Å². The Morgan fingerprint density at radius 2 is 1.75 bits per heavy atom. The van der Waals surface area contributed by atoms with Gasteiger partial charge in [0.2, 0.25) is 0 Å². The Morgan fingerprint density at radius 3 is 2.62 bits per heavy atom. The van der Waals surface area contributed by atoms with E-state index in [9.17, 15) is 9.59 Å². The molecule has 0 saturated carbocycles. The van der Waals surface area contributed by atoms with Crippen molar-refractivity contribution in [2.45, 2.75) is 13.0 Å². The van der Waals surface area contributed by atoms with Crippen LogP contribution in [0.15, 0.2) is 83.5 Å². The monoisotopic (exact) mass is 443 g/mol. The molecular formula is C25H21N3O3S. The molecule has 32 heavy (non-hydrogen) atoms. The van der Waals surface area contributed by atoms with Crippen LogP contribution in [0.2, 0.25) is 0 Å². The van der Waals surface area contributed by atoms with E-state index in [1.54, 1.807) is 24.3 Å². The summed E-state index contributed by atoms with van der Waals surface area (Å²) in [6.45, 7) is 1.69. The van der Waals surface area contributed by atoms with E-state index in [1.165, 1.54) is 28.9 Å². The number of carbonyl (C=O) groups excluding carboxylic acids is 2. The van der Waals surface area contributed by atoms with Crippen LogP contribution in [0.1, 0.15) is 31.4 Å². The van der Waals surface area contributed by atoms with Gasteiger partial charge >= 0.3 is 0 Å². The molecule has 7 heteroatoms. The SMILES string of the molecule is O=C(Nc1ccc(C(=O)Nc2ccccc2CN2CCc3ccccc32)s1)c1ccco1. The molecule has 2 amide bonds. The quantitative estimate of drug-likeness (QED) is 0.418. The summed E-state index contributed by atoms with van der Waals surface area (Å²) in [7, 11) is 0. The Hall–Kier alpha value is -3.84. The van der Waals surface area contributed by atoms with Gasteiger partial charge in [-0.1, -0.05) is 36.4 Å². The van der Waals surface area contributed by atoms with E-state index in [-0.39, 0.29) is 17.6 Å². The fraction of sp³-hybridized carbons (Fsp3) is 0.120. The summed E-state index contributed by atoms with van der Waals surface area (Å²) in [6.07, 6.45) is 2.48. The number of benzene rings is 2. The zero-order valence-electron chi connectivity index (χ0n) is 17.2. The molecule has 2 aromatic carbocycles. The van der Waals surface area contributed by atoms with E-state index >= 15 is 0 Å².